The number of nitrogens with zero attached hydrogens (tertiary/aromatic N) is 1. The van der Waals surface area contributed by atoms with Crippen molar-refractivity contribution in [2.45, 2.75) is 13.3 Å². The maximum atomic E-state index is 12.2. The molecule has 0 aliphatic carbocycles. The molecule has 0 aliphatic heterocycles. The Labute approximate surface area is 111 Å². The molecule has 0 saturated carbocycles. The Balaban J connectivity index is 2.94. The Morgan fingerprint density at radius 1 is 1.21 bits per heavy atom. The summed E-state index contributed by atoms with van der Waals surface area (Å²) in [5.74, 6) is -1.39. The highest BCUT2D eigenvalue weighted by Gasteiger charge is 2.19. The molecule has 0 aliphatic rings. The summed E-state index contributed by atoms with van der Waals surface area (Å²) in [4.78, 5) is 24.7. The van der Waals surface area contributed by atoms with E-state index in [1.165, 1.54) is 24.1 Å². The fourth-order valence-corrected chi connectivity index (χ4v) is 1.64. The van der Waals surface area contributed by atoms with Crippen LogP contribution in [0, 0.1) is 0 Å². The zero-order valence-corrected chi connectivity index (χ0v) is 10.9. The van der Waals surface area contributed by atoms with E-state index in [9.17, 15) is 19.8 Å². The number of carbonyl (C=O) groups excluding carboxylic acids is 2. The smallest absolute Gasteiger partial charge is 0.325 e. The highest BCUT2D eigenvalue weighted by Crippen LogP contribution is 2.21. The molecule has 0 unspecified atom stereocenters. The number of aromatic hydroxyl groups is 2. The topological polar surface area (TPSA) is 87.1 Å². The number of benzene rings is 1. The zero-order valence-electron chi connectivity index (χ0n) is 10.9. The van der Waals surface area contributed by atoms with Gasteiger partial charge in [0.1, 0.15) is 18.0 Å². The van der Waals surface area contributed by atoms with Crippen LogP contribution < -0.4 is 0 Å². The third-order valence-corrected chi connectivity index (χ3v) is 2.48. The highest BCUT2D eigenvalue weighted by atomic mass is 16.5. The van der Waals surface area contributed by atoms with Gasteiger partial charge in [0.25, 0.3) is 5.91 Å². The Bertz CT molecular complexity index is 452. The van der Waals surface area contributed by atoms with Gasteiger partial charge in [-0.15, -0.1) is 0 Å². The second-order valence-electron chi connectivity index (χ2n) is 4.04. The summed E-state index contributed by atoms with van der Waals surface area (Å²) in [6.45, 7) is 2.08. The molecule has 1 aromatic rings. The lowest BCUT2D eigenvalue weighted by Crippen LogP contribution is -2.36. The predicted molar refractivity (Wildman–Crippen MR) is 68.0 cm³/mol. The Kier molecular flexibility index (Phi) is 5.17. The van der Waals surface area contributed by atoms with E-state index in [-0.39, 0.29) is 23.6 Å². The van der Waals surface area contributed by atoms with Crippen LogP contribution >= 0.6 is 0 Å². The number of carbonyl (C=O) groups is 2. The van der Waals surface area contributed by atoms with E-state index in [4.69, 9.17) is 0 Å². The maximum Gasteiger partial charge on any atom is 0.325 e. The summed E-state index contributed by atoms with van der Waals surface area (Å²) in [6.07, 6.45) is 0.674. The SMILES string of the molecule is CCCN(CC(=O)OC)C(=O)c1cc(O)cc(O)c1. The minimum Gasteiger partial charge on any atom is -0.508 e. The molecular weight excluding hydrogens is 250 g/mol. The Morgan fingerprint density at radius 3 is 2.26 bits per heavy atom. The number of methoxy groups -OCH3 is 1. The predicted octanol–water partition coefficient (Wildman–Crippen LogP) is 1.12. The van der Waals surface area contributed by atoms with Crippen LogP contribution in [0.1, 0.15) is 23.7 Å². The first kappa shape index (κ1) is 14.8. The zero-order chi connectivity index (χ0) is 14.4. The van der Waals surface area contributed by atoms with Crippen molar-refractivity contribution in [1.29, 1.82) is 0 Å². The molecule has 0 atom stereocenters. The molecule has 0 aromatic heterocycles. The summed E-state index contributed by atoms with van der Waals surface area (Å²) >= 11 is 0. The molecule has 1 aromatic carbocycles. The molecule has 1 amide bonds. The van der Waals surface area contributed by atoms with Gasteiger partial charge in [0, 0.05) is 18.2 Å². The first-order valence-electron chi connectivity index (χ1n) is 5.87. The fourth-order valence-electron chi connectivity index (χ4n) is 1.64. The van der Waals surface area contributed by atoms with E-state index < -0.39 is 11.9 Å². The lowest BCUT2D eigenvalue weighted by Gasteiger charge is -2.20. The van der Waals surface area contributed by atoms with Crippen LogP contribution in [0.4, 0.5) is 0 Å². The third kappa shape index (κ3) is 4.17. The molecule has 104 valence electrons. The number of phenols is 2. The number of hydrogen-bond donors (Lipinski definition) is 2. The van der Waals surface area contributed by atoms with E-state index >= 15 is 0 Å². The molecule has 6 heteroatoms. The van der Waals surface area contributed by atoms with Crippen molar-refractivity contribution >= 4 is 11.9 Å². The summed E-state index contributed by atoms with van der Waals surface area (Å²) in [7, 11) is 1.25. The lowest BCUT2D eigenvalue weighted by molar-refractivity contribution is -0.141. The van der Waals surface area contributed by atoms with Gasteiger partial charge in [-0.2, -0.15) is 0 Å². The third-order valence-electron chi connectivity index (χ3n) is 2.48. The molecule has 19 heavy (non-hydrogen) atoms. The fraction of sp³-hybridized carbons (Fsp3) is 0.385. The molecule has 6 nitrogen and oxygen atoms in total. The second kappa shape index (κ2) is 6.63. The van der Waals surface area contributed by atoms with Crippen molar-refractivity contribution in [3.8, 4) is 11.5 Å². The minimum atomic E-state index is -0.522. The largest absolute Gasteiger partial charge is 0.508 e. The van der Waals surface area contributed by atoms with E-state index in [0.717, 1.165) is 6.07 Å². The number of amides is 1. The summed E-state index contributed by atoms with van der Waals surface area (Å²) in [5.41, 5.74) is 0.120. The van der Waals surface area contributed by atoms with Crippen molar-refractivity contribution in [1.82, 2.24) is 4.90 Å². The van der Waals surface area contributed by atoms with Crippen LogP contribution in [-0.2, 0) is 9.53 Å². The molecule has 0 spiro atoms. The second-order valence-corrected chi connectivity index (χ2v) is 4.04. The Hall–Kier alpha value is -2.24. The van der Waals surface area contributed by atoms with Gasteiger partial charge >= 0.3 is 5.97 Å². The number of phenolic OH excluding ortho intramolecular Hbond substituents is 2. The monoisotopic (exact) mass is 267 g/mol. The molecule has 2 N–H and O–H groups in total. The lowest BCUT2D eigenvalue weighted by atomic mass is 10.1. The number of rotatable bonds is 5. The average Bonchev–Trinajstić information content (AvgIpc) is 2.36. The molecule has 1 rings (SSSR count). The van der Waals surface area contributed by atoms with Gasteiger partial charge in [-0.1, -0.05) is 6.92 Å². The maximum absolute atomic E-state index is 12.2. The highest BCUT2D eigenvalue weighted by molar-refractivity contribution is 5.96. The van der Waals surface area contributed by atoms with Gasteiger partial charge in [0.15, 0.2) is 0 Å². The summed E-state index contributed by atoms with van der Waals surface area (Å²) < 4.78 is 4.53. The van der Waals surface area contributed by atoms with Crippen LogP contribution in [-0.4, -0.2) is 47.2 Å². The number of ether oxygens (including phenoxy) is 1. The van der Waals surface area contributed by atoms with Crippen molar-refractivity contribution in [3.63, 3.8) is 0 Å². The Morgan fingerprint density at radius 2 is 1.79 bits per heavy atom. The quantitative estimate of drug-likeness (QED) is 0.781. The molecule has 0 bridgehead atoms. The van der Waals surface area contributed by atoms with Gasteiger partial charge in [-0.3, -0.25) is 9.59 Å². The standard InChI is InChI=1S/C13H17NO5/c1-3-4-14(8-12(17)19-2)13(18)9-5-10(15)7-11(16)6-9/h5-7,15-16H,3-4,8H2,1-2H3. The van der Waals surface area contributed by atoms with Crippen LogP contribution in [0.5, 0.6) is 11.5 Å². The first-order chi connectivity index (χ1) is 8.97. The van der Waals surface area contributed by atoms with Crippen LogP contribution in [0.15, 0.2) is 18.2 Å². The van der Waals surface area contributed by atoms with Crippen LogP contribution in [0.25, 0.3) is 0 Å². The van der Waals surface area contributed by atoms with E-state index in [1.54, 1.807) is 0 Å². The van der Waals surface area contributed by atoms with Crippen molar-refractivity contribution in [2.75, 3.05) is 20.2 Å². The molecular formula is C13H17NO5. The minimum absolute atomic E-state index is 0.120. The van der Waals surface area contributed by atoms with E-state index in [0.29, 0.717) is 13.0 Å². The van der Waals surface area contributed by atoms with Crippen LogP contribution in [0.2, 0.25) is 0 Å². The van der Waals surface area contributed by atoms with Crippen molar-refractivity contribution in [2.24, 2.45) is 0 Å². The number of hydrogen-bond acceptors (Lipinski definition) is 5. The first-order valence-corrected chi connectivity index (χ1v) is 5.87. The van der Waals surface area contributed by atoms with Gasteiger partial charge in [-0.25, -0.2) is 0 Å². The molecule has 0 fully saturated rings. The molecule has 0 heterocycles. The van der Waals surface area contributed by atoms with Crippen molar-refractivity contribution in [3.05, 3.63) is 23.8 Å². The average molecular weight is 267 g/mol. The summed E-state index contributed by atoms with van der Waals surface area (Å²) in [5, 5.41) is 18.7. The van der Waals surface area contributed by atoms with Gasteiger partial charge in [-0.05, 0) is 18.6 Å². The van der Waals surface area contributed by atoms with E-state index in [2.05, 4.69) is 4.74 Å². The normalized spacial score (nSPS) is 10.0. The van der Waals surface area contributed by atoms with E-state index in [1.807, 2.05) is 6.92 Å². The van der Waals surface area contributed by atoms with Gasteiger partial charge < -0.3 is 19.8 Å². The van der Waals surface area contributed by atoms with Crippen molar-refractivity contribution < 1.29 is 24.5 Å². The number of esters is 1. The van der Waals surface area contributed by atoms with Gasteiger partial charge in [0.05, 0.1) is 7.11 Å². The van der Waals surface area contributed by atoms with Gasteiger partial charge in [0.2, 0.25) is 0 Å². The molecule has 0 radical (unpaired) electrons. The van der Waals surface area contributed by atoms with Crippen LogP contribution in [0.3, 0.4) is 0 Å². The molecule has 0 saturated heterocycles. The summed E-state index contributed by atoms with van der Waals surface area (Å²) in [6, 6.07) is 3.60.